The number of amides is 1. The van der Waals surface area contributed by atoms with Gasteiger partial charge >= 0.3 is 0 Å². The topological polar surface area (TPSA) is 48.5 Å². The molecule has 140 valence electrons. The zero-order valence-corrected chi connectivity index (χ0v) is 16.1. The number of nitrogens with one attached hydrogen (secondary N) is 1. The first-order valence-corrected chi connectivity index (χ1v) is 9.76. The van der Waals surface area contributed by atoms with Gasteiger partial charge in [-0.25, -0.2) is 9.37 Å². The lowest BCUT2D eigenvalue weighted by Gasteiger charge is -2.33. The lowest BCUT2D eigenvalue weighted by Crippen LogP contribution is -2.48. The highest BCUT2D eigenvalue weighted by Crippen LogP contribution is 2.23. The van der Waals surface area contributed by atoms with Crippen LogP contribution in [0, 0.1) is 5.82 Å². The Labute approximate surface area is 157 Å². The molecular weight excluding hydrogens is 351 g/mol. The number of aromatic nitrogens is 1. The fourth-order valence-electron chi connectivity index (χ4n) is 2.92. The van der Waals surface area contributed by atoms with Crippen molar-refractivity contribution in [2.75, 3.05) is 38.0 Å². The number of piperazine rings is 1. The van der Waals surface area contributed by atoms with Crippen molar-refractivity contribution in [3.8, 4) is 0 Å². The summed E-state index contributed by atoms with van der Waals surface area (Å²) < 4.78 is 13.6. The molecule has 26 heavy (non-hydrogen) atoms. The summed E-state index contributed by atoms with van der Waals surface area (Å²) in [5.41, 5.74) is 0.237. The Balaban J connectivity index is 1.43. The monoisotopic (exact) mass is 376 g/mol. The maximum Gasteiger partial charge on any atom is 0.238 e. The van der Waals surface area contributed by atoms with Crippen LogP contribution in [0.3, 0.4) is 0 Å². The maximum atomic E-state index is 13.6. The lowest BCUT2D eigenvalue weighted by atomic mass is 10.2. The standard InChI is InChI=1S/C19H25FN4OS/c1-14(2)17-11-21-19(26-17)13-24-9-7-23(8-10-24)12-18(25)22-16-6-4-3-5-15(16)20/h3-6,11,14H,7-10,12-13H2,1-2H3,(H,22,25). The SMILES string of the molecule is CC(C)c1cnc(CN2CCN(CC(=O)Nc3ccccc3F)CC2)s1. The molecule has 0 aliphatic carbocycles. The Kier molecular flexibility index (Phi) is 6.34. The highest BCUT2D eigenvalue weighted by atomic mass is 32.1. The lowest BCUT2D eigenvalue weighted by molar-refractivity contribution is -0.117. The van der Waals surface area contributed by atoms with Crippen LogP contribution in [0.15, 0.2) is 30.5 Å². The molecule has 0 radical (unpaired) electrons. The van der Waals surface area contributed by atoms with E-state index in [-0.39, 0.29) is 18.1 Å². The predicted molar refractivity (Wildman–Crippen MR) is 103 cm³/mol. The van der Waals surface area contributed by atoms with E-state index in [1.807, 2.05) is 6.20 Å². The second-order valence-electron chi connectivity index (χ2n) is 6.89. The second-order valence-corrected chi connectivity index (χ2v) is 8.04. The molecular formula is C19H25FN4OS. The molecule has 2 heterocycles. The van der Waals surface area contributed by atoms with Crippen molar-refractivity contribution in [1.29, 1.82) is 0 Å². The fourth-order valence-corrected chi connectivity index (χ4v) is 3.88. The van der Waals surface area contributed by atoms with Crippen LogP contribution in [0.2, 0.25) is 0 Å². The summed E-state index contributed by atoms with van der Waals surface area (Å²) in [5.74, 6) is -0.0639. The van der Waals surface area contributed by atoms with Crippen LogP contribution in [0.25, 0.3) is 0 Å². The van der Waals surface area contributed by atoms with Gasteiger partial charge in [0, 0.05) is 37.3 Å². The van der Waals surface area contributed by atoms with Gasteiger partial charge in [0.15, 0.2) is 0 Å². The zero-order chi connectivity index (χ0) is 18.5. The molecule has 1 N–H and O–H groups in total. The molecule has 1 aliphatic rings. The molecule has 1 amide bonds. The number of anilines is 1. The van der Waals surface area contributed by atoms with Crippen molar-refractivity contribution in [2.45, 2.75) is 26.3 Å². The minimum absolute atomic E-state index is 0.176. The van der Waals surface area contributed by atoms with Crippen molar-refractivity contribution in [1.82, 2.24) is 14.8 Å². The summed E-state index contributed by atoms with van der Waals surface area (Å²) in [6.07, 6.45) is 1.98. The maximum absolute atomic E-state index is 13.6. The summed E-state index contributed by atoms with van der Waals surface area (Å²) in [5, 5.41) is 3.80. The molecule has 1 aliphatic heterocycles. The van der Waals surface area contributed by atoms with Crippen LogP contribution in [0.4, 0.5) is 10.1 Å². The number of thiazole rings is 1. The number of carbonyl (C=O) groups excluding carboxylic acids is 1. The smallest absolute Gasteiger partial charge is 0.238 e. The summed E-state index contributed by atoms with van der Waals surface area (Å²) in [7, 11) is 0. The van der Waals surface area contributed by atoms with E-state index >= 15 is 0 Å². The van der Waals surface area contributed by atoms with Gasteiger partial charge in [0.05, 0.1) is 18.8 Å². The van der Waals surface area contributed by atoms with Gasteiger partial charge in [0.25, 0.3) is 0 Å². The van der Waals surface area contributed by atoms with E-state index < -0.39 is 5.82 Å². The molecule has 2 aromatic rings. The average molecular weight is 377 g/mol. The van der Waals surface area contributed by atoms with Crippen LogP contribution >= 0.6 is 11.3 Å². The highest BCUT2D eigenvalue weighted by Gasteiger charge is 2.20. The zero-order valence-electron chi connectivity index (χ0n) is 15.2. The predicted octanol–water partition coefficient (Wildman–Crippen LogP) is 3.16. The molecule has 0 unspecified atom stereocenters. The molecule has 1 saturated heterocycles. The summed E-state index contributed by atoms with van der Waals surface area (Å²) in [4.78, 5) is 22.4. The number of halogens is 1. The molecule has 0 saturated carbocycles. The third-order valence-electron chi connectivity index (χ3n) is 4.48. The van der Waals surface area contributed by atoms with Gasteiger partial charge in [-0.15, -0.1) is 11.3 Å². The molecule has 7 heteroatoms. The summed E-state index contributed by atoms with van der Waals surface area (Å²) in [6.45, 7) is 8.99. The Hall–Kier alpha value is -1.83. The van der Waals surface area contributed by atoms with Crippen molar-refractivity contribution in [3.63, 3.8) is 0 Å². The molecule has 1 aromatic carbocycles. The number of hydrogen-bond donors (Lipinski definition) is 1. The largest absolute Gasteiger partial charge is 0.322 e. The van der Waals surface area contributed by atoms with Crippen molar-refractivity contribution in [3.05, 3.63) is 46.2 Å². The van der Waals surface area contributed by atoms with E-state index in [1.165, 1.54) is 10.9 Å². The molecule has 3 rings (SSSR count). The van der Waals surface area contributed by atoms with E-state index in [9.17, 15) is 9.18 Å². The molecule has 1 aromatic heterocycles. The number of hydrogen-bond acceptors (Lipinski definition) is 5. The Morgan fingerprint density at radius 2 is 1.92 bits per heavy atom. The van der Waals surface area contributed by atoms with Crippen LogP contribution < -0.4 is 5.32 Å². The minimum atomic E-state index is -0.408. The van der Waals surface area contributed by atoms with Gasteiger partial charge in [-0.2, -0.15) is 0 Å². The normalized spacial score (nSPS) is 16.2. The van der Waals surface area contributed by atoms with E-state index in [0.29, 0.717) is 5.92 Å². The number of para-hydroxylation sites is 1. The number of benzene rings is 1. The van der Waals surface area contributed by atoms with E-state index in [2.05, 4.69) is 33.9 Å². The van der Waals surface area contributed by atoms with E-state index in [1.54, 1.807) is 29.5 Å². The van der Waals surface area contributed by atoms with Crippen LogP contribution in [0.5, 0.6) is 0 Å². The molecule has 0 bridgehead atoms. The van der Waals surface area contributed by atoms with Crippen molar-refractivity contribution in [2.24, 2.45) is 0 Å². The Bertz CT molecular complexity index is 741. The highest BCUT2D eigenvalue weighted by molar-refractivity contribution is 7.11. The average Bonchev–Trinajstić information content (AvgIpc) is 3.07. The molecule has 0 atom stereocenters. The molecule has 1 fully saturated rings. The number of rotatable bonds is 6. The first-order chi connectivity index (χ1) is 12.5. The summed E-state index contributed by atoms with van der Waals surface area (Å²) >= 11 is 1.78. The van der Waals surface area contributed by atoms with Gasteiger partial charge < -0.3 is 5.32 Å². The van der Waals surface area contributed by atoms with Gasteiger partial charge in [0.2, 0.25) is 5.91 Å². The number of nitrogens with zero attached hydrogens (tertiary/aromatic N) is 3. The fraction of sp³-hybridized carbons (Fsp3) is 0.474. The van der Waals surface area contributed by atoms with Gasteiger partial charge in [0.1, 0.15) is 10.8 Å². The Morgan fingerprint density at radius 1 is 1.23 bits per heavy atom. The van der Waals surface area contributed by atoms with Crippen LogP contribution in [-0.4, -0.2) is 53.4 Å². The van der Waals surface area contributed by atoms with Gasteiger partial charge in [-0.3, -0.25) is 14.6 Å². The number of carbonyl (C=O) groups is 1. The van der Waals surface area contributed by atoms with Gasteiger partial charge in [-0.1, -0.05) is 26.0 Å². The quantitative estimate of drug-likeness (QED) is 0.841. The Morgan fingerprint density at radius 3 is 2.58 bits per heavy atom. The molecule has 0 spiro atoms. The van der Waals surface area contributed by atoms with Gasteiger partial charge in [-0.05, 0) is 18.1 Å². The van der Waals surface area contributed by atoms with Crippen molar-refractivity contribution < 1.29 is 9.18 Å². The summed E-state index contributed by atoms with van der Waals surface area (Å²) in [6, 6.07) is 6.24. The van der Waals surface area contributed by atoms with E-state index in [4.69, 9.17) is 0 Å². The van der Waals surface area contributed by atoms with Crippen LogP contribution in [0.1, 0.15) is 29.7 Å². The van der Waals surface area contributed by atoms with E-state index in [0.717, 1.165) is 37.7 Å². The first-order valence-electron chi connectivity index (χ1n) is 8.95. The molecule has 5 nitrogen and oxygen atoms in total. The minimum Gasteiger partial charge on any atom is -0.322 e. The van der Waals surface area contributed by atoms with Crippen LogP contribution in [-0.2, 0) is 11.3 Å². The first kappa shape index (κ1) is 18.9. The third-order valence-corrected chi connectivity index (χ3v) is 5.76. The second kappa shape index (κ2) is 8.70. The third kappa shape index (κ3) is 5.09. The van der Waals surface area contributed by atoms with Crippen molar-refractivity contribution >= 4 is 22.9 Å².